The van der Waals surface area contributed by atoms with Crippen molar-refractivity contribution in [3.8, 4) is 5.69 Å². The molecule has 2 aromatic heterocycles. The number of rotatable bonds is 6. The number of carbonyl (C=O) groups is 2. The van der Waals surface area contributed by atoms with Gasteiger partial charge in [0, 0.05) is 30.1 Å². The lowest BCUT2D eigenvalue weighted by Crippen LogP contribution is -2.51. The van der Waals surface area contributed by atoms with Crippen LogP contribution in [0, 0.1) is 5.41 Å². The molecule has 1 saturated carbocycles. The second-order valence-corrected chi connectivity index (χ2v) is 9.10. The first-order valence-corrected chi connectivity index (χ1v) is 11.4. The topological polar surface area (TPSA) is 97.1 Å². The van der Waals surface area contributed by atoms with Crippen molar-refractivity contribution in [1.29, 1.82) is 0 Å². The van der Waals surface area contributed by atoms with Gasteiger partial charge in [0.05, 0.1) is 17.1 Å². The Labute approximate surface area is 198 Å². The van der Waals surface area contributed by atoms with Crippen LogP contribution in [0.15, 0.2) is 54.5 Å². The number of ketones is 1. The summed E-state index contributed by atoms with van der Waals surface area (Å²) < 4.78 is 42.0. The van der Waals surface area contributed by atoms with Crippen LogP contribution in [0.3, 0.4) is 0 Å². The van der Waals surface area contributed by atoms with Crippen molar-refractivity contribution >= 4 is 22.8 Å². The predicted molar refractivity (Wildman–Crippen MR) is 121 cm³/mol. The van der Waals surface area contributed by atoms with E-state index in [0.29, 0.717) is 11.3 Å². The fraction of sp³-hybridized carbons (Fsp3) is 0.360. The van der Waals surface area contributed by atoms with Crippen LogP contribution in [0.1, 0.15) is 43.5 Å². The van der Waals surface area contributed by atoms with E-state index in [1.807, 2.05) is 0 Å². The fourth-order valence-electron chi connectivity index (χ4n) is 5.10. The molecule has 0 unspecified atom stereocenters. The van der Waals surface area contributed by atoms with Gasteiger partial charge in [-0.05, 0) is 36.6 Å². The summed E-state index contributed by atoms with van der Waals surface area (Å²) in [5.41, 5.74) is 1.38. The van der Waals surface area contributed by atoms with Gasteiger partial charge < -0.3 is 10.4 Å². The summed E-state index contributed by atoms with van der Waals surface area (Å²) in [6, 6.07) is 6.74. The summed E-state index contributed by atoms with van der Waals surface area (Å²) in [7, 11) is 0. The SMILES string of the molecule is O=C(O)[C@H](Cc1ccc(-n2c(C(F)(F)F)nc3cnccc32)cc1)NC1=CC(=O)C12CCCCC2. The Morgan fingerprint density at radius 3 is 2.49 bits per heavy atom. The number of benzene rings is 1. The van der Waals surface area contributed by atoms with E-state index >= 15 is 0 Å². The molecule has 3 aromatic rings. The highest BCUT2D eigenvalue weighted by molar-refractivity contribution is 6.05. The number of carbonyl (C=O) groups excluding carboxylic acids is 1. The van der Waals surface area contributed by atoms with E-state index in [-0.39, 0.29) is 28.9 Å². The van der Waals surface area contributed by atoms with E-state index in [0.717, 1.165) is 36.7 Å². The number of allylic oxidation sites excluding steroid dienone is 2. The molecule has 2 aliphatic carbocycles. The minimum atomic E-state index is -4.67. The van der Waals surface area contributed by atoms with Crippen molar-refractivity contribution in [3.05, 3.63) is 65.9 Å². The molecule has 0 radical (unpaired) electrons. The molecule has 0 bridgehead atoms. The molecule has 2 aliphatic rings. The number of aromatic nitrogens is 3. The van der Waals surface area contributed by atoms with Gasteiger partial charge in [-0.25, -0.2) is 9.78 Å². The molecule has 0 amide bonds. The molecule has 35 heavy (non-hydrogen) atoms. The van der Waals surface area contributed by atoms with Crippen LogP contribution in [0.25, 0.3) is 16.7 Å². The molecule has 2 heterocycles. The largest absolute Gasteiger partial charge is 0.480 e. The Kier molecular flexibility index (Phi) is 5.61. The van der Waals surface area contributed by atoms with Gasteiger partial charge in [0.25, 0.3) is 0 Å². The highest BCUT2D eigenvalue weighted by Gasteiger charge is 2.49. The summed E-state index contributed by atoms with van der Waals surface area (Å²) in [5, 5.41) is 12.8. The van der Waals surface area contributed by atoms with E-state index in [1.165, 1.54) is 36.7 Å². The highest BCUT2D eigenvalue weighted by Crippen LogP contribution is 2.48. The van der Waals surface area contributed by atoms with Gasteiger partial charge in [0.1, 0.15) is 11.6 Å². The zero-order chi connectivity index (χ0) is 24.8. The molecular formula is C25H23F3N4O3. The lowest BCUT2D eigenvalue weighted by atomic mass is 9.62. The number of imidazole rings is 1. The number of aliphatic carboxylic acids is 1. The molecule has 10 heteroatoms. The molecule has 2 N–H and O–H groups in total. The van der Waals surface area contributed by atoms with Crippen molar-refractivity contribution in [2.75, 3.05) is 0 Å². The van der Waals surface area contributed by atoms with Gasteiger partial charge in [-0.1, -0.05) is 31.4 Å². The number of nitrogens with one attached hydrogen (secondary N) is 1. The zero-order valence-electron chi connectivity index (χ0n) is 18.7. The minimum absolute atomic E-state index is 0.0522. The molecule has 1 aromatic carbocycles. The van der Waals surface area contributed by atoms with E-state index in [1.54, 1.807) is 12.1 Å². The maximum atomic E-state index is 13.6. The quantitative estimate of drug-likeness (QED) is 0.537. The number of halogens is 3. The first-order valence-electron chi connectivity index (χ1n) is 11.4. The molecule has 7 nitrogen and oxygen atoms in total. The van der Waals surface area contributed by atoms with Gasteiger partial charge in [-0.3, -0.25) is 14.3 Å². The van der Waals surface area contributed by atoms with E-state index in [2.05, 4.69) is 15.3 Å². The lowest BCUT2D eigenvalue weighted by Gasteiger charge is -2.44. The first-order chi connectivity index (χ1) is 16.7. The minimum Gasteiger partial charge on any atom is -0.480 e. The number of carboxylic acids is 1. The average molecular weight is 484 g/mol. The second kappa shape index (κ2) is 8.51. The Hall–Kier alpha value is -3.69. The van der Waals surface area contributed by atoms with E-state index in [9.17, 15) is 27.9 Å². The first kappa shape index (κ1) is 23.1. The van der Waals surface area contributed by atoms with Crippen LogP contribution in [-0.4, -0.2) is 37.4 Å². The van der Waals surface area contributed by atoms with E-state index < -0.39 is 29.4 Å². The monoisotopic (exact) mass is 484 g/mol. The number of alkyl halides is 3. The van der Waals surface area contributed by atoms with Gasteiger partial charge in [-0.15, -0.1) is 0 Å². The van der Waals surface area contributed by atoms with Crippen molar-refractivity contribution < 1.29 is 27.9 Å². The normalized spacial score (nSPS) is 18.3. The van der Waals surface area contributed by atoms with Crippen molar-refractivity contribution in [2.45, 2.75) is 50.7 Å². The van der Waals surface area contributed by atoms with Crippen molar-refractivity contribution in [3.63, 3.8) is 0 Å². The Bertz CT molecular complexity index is 1320. The zero-order valence-corrected chi connectivity index (χ0v) is 18.7. The fourth-order valence-corrected chi connectivity index (χ4v) is 5.10. The molecule has 5 rings (SSSR count). The van der Waals surface area contributed by atoms with Gasteiger partial charge >= 0.3 is 12.1 Å². The number of hydrogen-bond acceptors (Lipinski definition) is 5. The summed E-state index contributed by atoms with van der Waals surface area (Å²) in [5.74, 6) is -2.07. The predicted octanol–water partition coefficient (Wildman–Crippen LogP) is 4.44. The third-order valence-corrected chi connectivity index (χ3v) is 6.94. The molecule has 1 atom stereocenters. The standard InChI is InChI=1S/C25H23F3N4O3/c26-25(27,28)23-31-18-14-29-11-8-19(18)32(23)16-6-4-15(5-7-16)12-17(22(34)35)30-20-13-21(33)24(20)9-2-1-3-10-24/h4-8,11,13-14,17,30H,1-3,9-10,12H2,(H,34,35)/t17-/m0/s1. The molecular weight excluding hydrogens is 461 g/mol. The van der Waals surface area contributed by atoms with Crippen LogP contribution in [0.2, 0.25) is 0 Å². The summed E-state index contributed by atoms with van der Waals surface area (Å²) in [6.45, 7) is 0. The van der Waals surface area contributed by atoms with Crippen LogP contribution in [0.4, 0.5) is 13.2 Å². The lowest BCUT2D eigenvalue weighted by molar-refractivity contribution is -0.145. The Balaban J connectivity index is 1.39. The molecule has 0 saturated heterocycles. The van der Waals surface area contributed by atoms with Crippen LogP contribution in [0.5, 0.6) is 0 Å². The Morgan fingerprint density at radius 1 is 1.14 bits per heavy atom. The van der Waals surface area contributed by atoms with Crippen molar-refractivity contribution in [1.82, 2.24) is 19.9 Å². The van der Waals surface area contributed by atoms with Gasteiger partial charge in [0.15, 0.2) is 5.78 Å². The molecule has 1 spiro atoms. The van der Waals surface area contributed by atoms with Gasteiger partial charge in [-0.2, -0.15) is 13.2 Å². The Morgan fingerprint density at radius 2 is 1.86 bits per heavy atom. The third kappa shape index (κ3) is 4.06. The highest BCUT2D eigenvalue weighted by atomic mass is 19.4. The van der Waals surface area contributed by atoms with E-state index in [4.69, 9.17) is 0 Å². The molecule has 182 valence electrons. The number of nitrogens with zero attached hydrogens (tertiary/aromatic N) is 3. The number of carboxylic acid groups (broad SMARTS) is 1. The van der Waals surface area contributed by atoms with Crippen LogP contribution >= 0.6 is 0 Å². The summed E-state index contributed by atoms with van der Waals surface area (Å²) in [6.07, 6.45) is 3.98. The third-order valence-electron chi connectivity index (χ3n) is 6.94. The maximum absolute atomic E-state index is 13.6. The van der Waals surface area contributed by atoms with Crippen LogP contribution in [-0.2, 0) is 22.2 Å². The number of pyridine rings is 1. The second-order valence-electron chi connectivity index (χ2n) is 9.10. The number of hydrogen-bond donors (Lipinski definition) is 2. The van der Waals surface area contributed by atoms with Gasteiger partial charge in [0.2, 0.25) is 5.82 Å². The maximum Gasteiger partial charge on any atom is 0.450 e. The summed E-state index contributed by atoms with van der Waals surface area (Å²) >= 11 is 0. The average Bonchev–Trinajstić information content (AvgIpc) is 3.24. The number of fused-ring (bicyclic) bond motifs is 1. The molecule has 1 fully saturated rings. The van der Waals surface area contributed by atoms with Crippen LogP contribution < -0.4 is 5.32 Å². The van der Waals surface area contributed by atoms with Crippen molar-refractivity contribution in [2.24, 2.45) is 5.41 Å². The summed E-state index contributed by atoms with van der Waals surface area (Å²) in [4.78, 5) is 31.8. The smallest absolute Gasteiger partial charge is 0.450 e. The molecule has 0 aliphatic heterocycles.